The third kappa shape index (κ3) is 9.24. The van der Waals surface area contributed by atoms with E-state index >= 15 is 0 Å². The van der Waals surface area contributed by atoms with Gasteiger partial charge in [-0.1, -0.05) is 0 Å². The number of non-ortho nitro benzene ring substituents is 1. The minimum atomic E-state index is -5.39. The van der Waals surface area contributed by atoms with Gasteiger partial charge in [-0.3, -0.25) is 28.6 Å². The number of hydrogen-bond donors (Lipinski definition) is 4. The Morgan fingerprint density at radius 1 is 0.829 bits per heavy atom. The number of ether oxygens (including phenoxy) is 1. The van der Waals surface area contributed by atoms with Gasteiger partial charge >= 0.3 is 94.6 Å². The molecule has 0 radical (unpaired) electrons. The number of nitro benzene ring substituents is 1. The van der Waals surface area contributed by atoms with Crippen molar-refractivity contribution in [1.29, 1.82) is 0 Å². The summed E-state index contributed by atoms with van der Waals surface area (Å²) in [7, 11) is -14.8. The van der Waals surface area contributed by atoms with Crippen LogP contribution in [0.2, 0.25) is 0 Å². The first-order valence-corrected chi connectivity index (χ1v) is 13.9. The van der Waals surface area contributed by atoms with Gasteiger partial charge in [-0.05, 0) is 30.3 Å². The third-order valence-electron chi connectivity index (χ3n) is 4.93. The molecule has 3 aromatic carbocycles. The van der Waals surface area contributed by atoms with Gasteiger partial charge in [0.1, 0.15) is 9.79 Å². The number of rotatable bonds is 7. The summed E-state index contributed by atoms with van der Waals surface area (Å²) in [6, 6.07) is 4.58. The molecule has 0 bridgehead atoms. The van der Waals surface area contributed by atoms with Crippen LogP contribution in [-0.2, 0) is 35.1 Å². The zero-order valence-electron chi connectivity index (χ0n) is 24.5. The van der Waals surface area contributed by atoms with Gasteiger partial charge in [0.05, 0.1) is 28.2 Å². The molecule has 1 amide bonds. The number of benzene rings is 3. The number of esters is 1. The smallest absolute Gasteiger partial charge is 1.00 e. The van der Waals surface area contributed by atoms with Crippen LogP contribution in [0.1, 0.15) is 25.0 Å². The fraction of sp³-hybridized carbons (Fsp3) is 0.0526. The van der Waals surface area contributed by atoms with Crippen LogP contribution >= 0.6 is 0 Å². The first-order valence-electron chi connectivity index (χ1n) is 9.57. The van der Waals surface area contributed by atoms with E-state index in [1.54, 1.807) is 0 Å². The average Bonchev–Trinajstić information content (AvgIpc) is 2.80. The van der Waals surface area contributed by atoms with Crippen LogP contribution in [0.25, 0.3) is 10.8 Å². The molecule has 3 rings (SSSR count). The standard InChI is InChI=1S/C19H14N2O14S3.3Na.3H/c1-35-19(23)10-4-9(5-11(6-10)21(24)25)18(22)20-14-2-3-15(37(29,30)31)13-7-12(36(26,27)28)8-16(17(13)14)38(32,33)34;;;;;;/h2-8H,1H3,(H,20,22)(H,26,27,28)(H,29,30,31)(H,32,33,34);;;;;;/q;3*+1;3*-1. The molecule has 0 aliphatic carbocycles. The van der Waals surface area contributed by atoms with Crippen LogP contribution in [0.3, 0.4) is 0 Å². The predicted octanol–water partition coefficient (Wildman–Crippen LogP) is -7.12. The molecule has 0 heterocycles. The van der Waals surface area contributed by atoms with Crippen LogP contribution in [0.5, 0.6) is 0 Å². The fourth-order valence-corrected chi connectivity index (χ4v) is 5.39. The number of nitrogens with zero attached hydrogens (tertiary/aromatic N) is 1. The van der Waals surface area contributed by atoms with Gasteiger partial charge in [0.15, 0.2) is 0 Å². The summed E-state index contributed by atoms with van der Waals surface area (Å²) in [5, 5.41) is 11.7. The molecule has 16 nitrogen and oxygen atoms in total. The summed E-state index contributed by atoms with van der Waals surface area (Å²) in [6.45, 7) is 0. The van der Waals surface area contributed by atoms with E-state index in [0.717, 1.165) is 31.4 Å². The molecule has 0 saturated heterocycles. The maximum absolute atomic E-state index is 13.0. The number of carbonyl (C=O) groups is 2. The number of anilines is 1. The largest absolute Gasteiger partial charge is 1.00 e. The predicted molar refractivity (Wildman–Crippen MR) is 129 cm³/mol. The Morgan fingerprint density at radius 3 is 1.83 bits per heavy atom. The summed E-state index contributed by atoms with van der Waals surface area (Å²) >= 11 is 0. The molecular weight excluding hydrogens is 645 g/mol. The maximum atomic E-state index is 13.0. The molecule has 41 heavy (non-hydrogen) atoms. The van der Waals surface area contributed by atoms with Gasteiger partial charge in [-0.15, -0.1) is 0 Å². The van der Waals surface area contributed by atoms with Gasteiger partial charge < -0.3 is 14.3 Å². The van der Waals surface area contributed by atoms with E-state index in [1.165, 1.54) is 0 Å². The van der Waals surface area contributed by atoms with E-state index in [-0.39, 0.29) is 99.0 Å². The minimum Gasteiger partial charge on any atom is -1.00 e. The van der Waals surface area contributed by atoms with Crippen molar-refractivity contribution in [3.05, 3.63) is 63.7 Å². The molecule has 0 spiro atoms. The Hall–Kier alpha value is -1.01. The monoisotopic (exact) mass is 662 g/mol. The van der Waals surface area contributed by atoms with Crippen LogP contribution in [0.4, 0.5) is 11.4 Å². The fourth-order valence-electron chi connectivity index (χ4n) is 3.35. The van der Waals surface area contributed by atoms with Crippen LogP contribution in [0.15, 0.2) is 57.2 Å². The number of amides is 1. The quantitative estimate of drug-likeness (QED) is 0.0603. The van der Waals surface area contributed by atoms with Crippen molar-refractivity contribution in [3.8, 4) is 0 Å². The van der Waals surface area contributed by atoms with E-state index in [9.17, 15) is 58.6 Å². The first kappa shape index (κ1) is 40.0. The van der Waals surface area contributed by atoms with Crippen LogP contribution < -0.4 is 94.0 Å². The van der Waals surface area contributed by atoms with Crippen molar-refractivity contribution in [1.82, 2.24) is 0 Å². The molecule has 3 aromatic rings. The van der Waals surface area contributed by atoms with Gasteiger partial charge in [-0.2, -0.15) is 25.3 Å². The molecule has 0 aliphatic rings. The van der Waals surface area contributed by atoms with Gasteiger partial charge in [0.2, 0.25) is 0 Å². The van der Waals surface area contributed by atoms with Crippen molar-refractivity contribution in [2.75, 3.05) is 12.4 Å². The summed E-state index contributed by atoms with van der Waals surface area (Å²) in [5.41, 5.74) is -2.22. The second-order valence-corrected chi connectivity index (χ2v) is 11.6. The molecule has 0 fully saturated rings. The molecule has 0 aromatic heterocycles. The molecule has 208 valence electrons. The van der Waals surface area contributed by atoms with Crippen molar-refractivity contribution < 1.29 is 151 Å². The van der Waals surface area contributed by atoms with E-state index in [1.807, 2.05) is 0 Å². The summed E-state index contributed by atoms with van der Waals surface area (Å²) < 4.78 is 104. The Balaban J connectivity index is -0.00000133. The Bertz CT molecular complexity index is 1900. The van der Waals surface area contributed by atoms with Crippen LogP contribution in [-0.4, -0.2) is 62.8 Å². The Morgan fingerprint density at radius 2 is 1.37 bits per heavy atom. The van der Waals surface area contributed by atoms with Gasteiger partial charge in [-0.25, -0.2) is 4.79 Å². The third-order valence-corrected chi connectivity index (χ3v) is 7.55. The van der Waals surface area contributed by atoms with Gasteiger partial charge in [0.25, 0.3) is 41.9 Å². The second-order valence-electron chi connectivity index (χ2n) is 7.35. The normalized spacial score (nSPS) is 11.3. The molecule has 22 heteroatoms. The molecular formula is C19H17N2Na3O14S3. The molecule has 0 atom stereocenters. The van der Waals surface area contributed by atoms with Crippen molar-refractivity contribution in [3.63, 3.8) is 0 Å². The Kier molecular flexibility index (Phi) is 14.3. The minimum absolute atomic E-state index is 0. The second kappa shape index (κ2) is 14.6. The topological polar surface area (TPSA) is 262 Å². The average molecular weight is 663 g/mol. The van der Waals surface area contributed by atoms with E-state index < -0.39 is 95.1 Å². The number of nitro groups is 1. The van der Waals surface area contributed by atoms with Gasteiger partial charge in [0, 0.05) is 28.5 Å². The number of fused-ring (bicyclic) bond motifs is 1. The van der Waals surface area contributed by atoms with E-state index in [0.29, 0.717) is 12.1 Å². The summed E-state index contributed by atoms with van der Waals surface area (Å²) in [4.78, 5) is 31.6. The van der Waals surface area contributed by atoms with Crippen molar-refractivity contribution in [2.24, 2.45) is 0 Å². The molecule has 0 aliphatic heterocycles. The van der Waals surface area contributed by atoms with E-state index in [2.05, 4.69) is 10.1 Å². The Labute approximate surface area is 302 Å². The summed E-state index contributed by atoms with van der Waals surface area (Å²) in [6.07, 6.45) is 0. The van der Waals surface area contributed by atoms with E-state index in [4.69, 9.17) is 0 Å². The molecule has 0 unspecified atom stereocenters. The number of hydrogen-bond acceptors (Lipinski definition) is 11. The molecule has 4 N–H and O–H groups in total. The number of nitrogens with one attached hydrogen (secondary N) is 1. The van der Waals surface area contributed by atoms with Crippen molar-refractivity contribution >= 4 is 64.4 Å². The first-order chi connectivity index (χ1) is 17.3. The number of carbonyl (C=O) groups excluding carboxylic acids is 2. The SMILES string of the molecule is COC(=O)c1cc(C(=O)Nc2ccc(S(=O)(=O)O)c3cc(S(=O)(=O)O)cc(S(=O)(=O)O)c23)cc([N+](=O)[O-])c1.[H-].[H-].[H-].[Na+].[Na+].[Na+]. The molecule has 0 saturated carbocycles. The zero-order chi connectivity index (χ0) is 28.8. The van der Waals surface area contributed by atoms with Crippen LogP contribution in [0, 0.1) is 10.1 Å². The summed E-state index contributed by atoms with van der Waals surface area (Å²) in [5.74, 6) is -2.25. The maximum Gasteiger partial charge on any atom is 1.00 e. The van der Waals surface area contributed by atoms with Crippen molar-refractivity contribution in [2.45, 2.75) is 14.7 Å². The number of methoxy groups -OCH3 is 1. The zero-order valence-corrected chi connectivity index (χ0v) is 30.0.